The SMILES string of the molecule is CCC[C@@H](N)C(=O)N1CCc2cc(OC)c(OC)cc2C1. The minimum Gasteiger partial charge on any atom is -0.493 e. The molecule has 116 valence electrons. The molecular formula is C16H24N2O3. The van der Waals surface area contributed by atoms with Gasteiger partial charge in [-0.3, -0.25) is 4.79 Å². The van der Waals surface area contributed by atoms with Gasteiger partial charge in [-0.2, -0.15) is 0 Å². The minimum atomic E-state index is -0.392. The van der Waals surface area contributed by atoms with Crippen LogP contribution in [0.2, 0.25) is 0 Å². The number of ether oxygens (including phenoxy) is 2. The zero-order valence-electron chi connectivity index (χ0n) is 13.0. The summed E-state index contributed by atoms with van der Waals surface area (Å²) in [6.07, 6.45) is 2.47. The van der Waals surface area contributed by atoms with Crippen LogP contribution in [0.4, 0.5) is 0 Å². The number of carbonyl (C=O) groups is 1. The highest BCUT2D eigenvalue weighted by Crippen LogP contribution is 2.33. The minimum absolute atomic E-state index is 0.0392. The molecule has 2 rings (SSSR count). The van der Waals surface area contributed by atoms with E-state index in [1.54, 1.807) is 14.2 Å². The molecule has 0 aliphatic carbocycles. The molecule has 1 heterocycles. The summed E-state index contributed by atoms with van der Waals surface area (Å²) in [6, 6.07) is 3.57. The Balaban J connectivity index is 2.18. The normalized spacial score (nSPS) is 15.3. The molecule has 5 nitrogen and oxygen atoms in total. The third kappa shape index (κ3) is 3.29. The maximum atomic E-state index is 12.3. The van der Waals surface area contributed by atoms with Crippen LogP contribution in [-0.4, -0.2) is 37.6 Å². The molecule has 0 saturated heterocycles. The van der Waals surface area contributed by atoms with E-state index in [9.17, 15) is 4.79 Å². The van der Waals surface area contributed by atoms with Crippen LogP contribution in [0.3, 0.4) is 0 Å². The predicted octanol–water partition coefficient (Wildman–Crippen LogP) is 1.72. The van der Waals surface area contributed by atoms with Gasteiger partial charge in [0.05, 0.1) is 20.3 Å². The molecule has 0 fully saturated rings. The van der Waals surface area contributed by atoms with Gasteiger partial charge in [0.25, 0.3) is 0 Å². The van der Waals surface area contributed by atoms with Gasteiger partial charge in [-0.05, 0) is 36.1 Å². The summed E-state index contributed by atoms with van der Waals surface area (Å²) >= 11 is 0. The Morgan fingerprint density at radius 1 is 1.29 bits per heavy atom. The van der Waals surface area contributed by atoms with E-state index in [1.165, 1.54) is 5.56 Å². The molecule has 0 unspecified atom stereocenters. The molecule has 1 aliphatic heterocycles. The summed E-state index contributed by atoms with van der Waals surface area (Å²) in [5, 5.41) is 0. The third-order valence-electron chi connectivity index (χ3n) is 3.95. The van der Waals surface area contributed by atoms with Crippen molar-refractivity contribution in [1.29, 1.82) is 0 Å². The first-order valence-electron chi connectivity index (χ1n) is 7.38. The number of hydrogen-bond donors (Lipinski definition) is 1. The van der Waals surface area contributed by atoms with E-state index in [2.05, 4.69) is 0 Å². The molecule has 1 aromatic carbocycles. The zero-order chi connectivity index (χ0) is 15.4. The summed E-state index contributed by atoms with van der Waals surface area (Å²) in [6.45, 7) is 3.33. The van der Waals surface area contributed by atoms with Crippen molar-refractivity contribution in [3.8, 4) is 11.5 Å². The molecule has 0 saturated carbocycles. The van der Waals surface area contributed by atoms with Crippen molar-refractivity contribution >= 4 is 5.91 Å². The molecule has 0 radical (unpaired) electrons. The molecule has 21 heavy (non-hydrogen) atoms. The second-order valence-electron chi connectivity index (χ2n) is 5.38. The van der Waals surface area contributed by atoms with Crippen molar-refractivity contribution in [2.45, 2.75) is 38.8 Å². The van der Waals surface area contributed by atoms with Crippen molar-refractivity contribution in [2.24, 2.45) is 5.73 Å². The third-order valence-corrected chi connectivity index (χ3v) is 3.95. The van der Waals surface area contributed by atoms with Gasteiger partial charge in [0.1, 0.15) is 0 Å². The first-order chi connectivity index (χ1) is 10.1. The Morgan fingerprint density at radius 3 is 2.48 bits per heavy atom. The van der Waals surface area contributed by atoms with E-state index in [1.807, 2.05) is 24.0 Å². The maximum absolute atomic E-state index is 12.3. The van der Waals surface area contributed by atoms with E-state index in [-0.39, 0.29) is 5.91 Å². The highest BCUT2D eigenvalue weighted by Gasteiger charge is 2.25. The second kappa shape index (κ2) is 6.80. The number of amides is 1. The monoisotopic (exact) mass is 292 g/mol. The predicted molar refractivity (Wildman–Crippen MR) is 81.6 cm³/mol. The number of rotatable bonds is 5. The van der Waals surface area contributed by atoms with E-state index >= 15 is 0 Å². The molecule has 1 atom stereocenters. The molecule has 2 N–H and O–H groups in total. The molecule has 1 aliphatic rings. The lowest BCUT2D eigenvalue weighted by atomic mass is 9.98. The van der Waals surface area contributed by atoms with Crippen molar-refractivity contribution in [2.75, 3.05) is 20.8 Å². The first-order valence-corrected chi connectivity index (χ1v) is 7.38. The van der Waals surface area contributed by atoms with Gasteiger partial charge in [-0.1, -0.05) is 13.3 Å². The molecule has 1 aromatic rings. The van der Waals surface area contributed by atoms with Crippen LogP contribution >= 0.6 is 0 Å². The number of nitrogens with zero attached hydrogens (tertiary/aromatic N) is 1. The second-order valence-corrected chi connectivity index (χ2v) is 5.38. The molecule has 1 amide bonds. The van der Waals surface area contributed by atoms with Crippen LogP contribution < -0.4 is 15.2 Å². The summed E-state index contributed by atoms with van der Waals surface area (Å²) < 4.78 is 10.7. The average Bonchev–Trinajstić information content (AvgIpc) is 2.52. The molecular weight excluding hydrogens is 268 g/mol. The van der Waals surface area contributed by atoms with Gasteiger partial charge in [-0.25, -0.2) is 0 Å². The highest BCUT2D eigenvalue weighted by molar-refractivity contribution is 5.82. The largest absolute Gasteiger partial charge is 0.493 e. The smallest absolute Gasteiger partial charge is 0.239 e. The zero-order valence-corrected chi connectivity index (χ0v) is 13.0. The quantitative estimate of drug-likeness (QED) is 0.897. The number of hydrogen-bond acceptors (Lipinski definition) is 4. The lowest BCUT2D eigenvalue weighted by Gasteiger charge is -2.31. The van der Waals surface area contributed by atoms with E-state index in [0.29, 0.717) is 18.8 Å². The average molecular weight is 292 g/mol. The first kappa shape index (κ1) is 15.6. The number of carbonyl (C=O) groups excluding carboxylic acids is 1. The van der Waals surface area contributed by atoms with Gasteiger partial charge < -0.3 is 20.1 Å². The van der Waals surface area contributed by atoms with Crippen LogP contribution in [0.1, 0.15) is 30.9 Å². The van der Waals surface area contributed by atoms with E-state index in [4.69, 9.17) is 15.2 Å². The van der Waals surface area contributed by atoms with Crippen LogP contribution in [0.25, 0.3) is 0 Å². The molecule has 5 heteroatoms. The Kier molecular flexibility index (Phi) is 5.07. The number of benzene rings is 1. The Morgan fingerprint density at radius 2 is 1.90 bits per heavy atom. The number of methoxy groups -OCH3 is 2. The van der Waals surface area contributed by atoms with Crippen molar-refractivity contribution in [3.05, 3.63) is 23.3 Å². The number of nitrogens with two attached hydrogens (primary N) is 1. The van der Waals surface area contributed by atoms with E-state index < -0.39 is 6.04 Å². The molecule has 0 spiro atoms. The lowest BCUT2D eigenvalue weighted by molar-refractivity contribution is -0.133. The van der Waals surface area contributed by atoms with Crippen molar-refractivity contribution in [1.82, 2.24) is 4.90 Å². The number of fused-ring (bicyclic) bond motifs is 1. The van der Waals surface area contributed by atoms with Gasteiger partial charge >= 0.3 is 0 Å². The van der Waals surface area contributed by atoms with Gasteiger partial charge in [-0.15, -0.1) is 0 Å². The Bertz CT molecular complexity index is 516. The topological polar surface area (TPSA) is 64.8 Å². The maximum Gasteiger partial charge on any atom is 0.239 e. The van der Waals surface area contributed by atoms with Crippen LogP contribution in [-0.2, 0) is 17.8 Å². The lowest BCUT2D eigenvalue weighted by Crippen LogP contribution is -2.45. The van der Waals surface area contributed by atoms with Gasteiger partial charge in [0.15, 0.2) is 11.5 Å². The standard InChI is InChI=1S/C16H24N2O3/c1-4-5-13(17)16(19)18-7-6-11-8-14(20-2)15(21-3)9-12(11)10-18/h8-9,13H,4-7,10,17H2,1-3H3/t13-/m1/s1. The fourth-order valence-corrected chi connectivity index (χ4v) is 2.74. The van der Waals surface area contributed by atoms with Crippen molar-refractivity contribution < 1.29 is 14.3 Å². The molecule has 0 aromatic heterocycles. The highest BCUT2D eigenvalue weighted by atomic mass is 16.5. The van der Waals surface area contributed by atoms with Gasteiger partial charge in [0.2, 0.25) is 5.91 Å². The Labute approximate surface area is 126 Å². The van der Waals surface area contributed by atoms with Crippen LogP contribution in [0.5, 0.6) is 11.5 Å². The summed E-state index contributed by atoms with van der Waals surface area (Å²) in [5.74, 6) is 1.47. The Hall–Kier alpha value is -1.75. The van der Waals surface area contributed by atoms with Crippen LogP contribution in [0, 0.1) is 0 Å². The van der Waals surface area contributed by atoms with Crippen molar-refractivity contribution in [3.63, 3.8) is 0 Å². The van der Waals surface area contributed by atoms with Gasteiger partial charge in [0, 0.05) is 13.1 Å². The summed E-state index contributed by atoms with van der Waals surface area (Å²) in [4.78, 5) is 14.2. The fraction of sp³-hybridized carbons (Fsp3) is 0.562. The van der Waals surface area contributed by atoms with Crippen LogP contribution in [0.15, 0.2) is 12.1 Å². The molecule has 0 bridgehead atoms. The summed E-state index contributed by atoms with van der Waals surface area (Å²) in [5.41, 5.74) is 8.26. The fourth-order valence-electron chi connectivity index (χ4n) is 2.74. The van der Waals surface area contributed by atoms with E-state index in [0.717, 1.165) is 30.6 Å². The summed E-state index contributed by atoms with van der Waals surface area (Å²) in [7, 11) is 3.25.